The van der Waals surface area contributed by atoms with E-state index in [1.165, 1.54) is 12.1 Å². The van der Waals surface area contributed by atoms with Crippen molar-refractivity contribution in [2.45, 2.75) is 25.8 Å². The molecule has 1 amide bonds. The minimum absolute atomic E-state index is 0. The number of rotatable bonds is 6. The molecule has 2 aromatic rings. The number of anilines is 1. The van der Waals surface area contributed by atoms with Crippen LogP contribution in [-0.4, -0.2) is 45.1 Å². The summed E-state index contributed by atoms with van der Waals surface area (Å²) >= 11 is 6.24. The van der Waals surface area contributed by atoms with Crippen molar-refractivity contribution in [1.29, 1.82) is 0 Å². The van der Waals surface area contributed by atoms with Gasteiger partial charge in [-0.15, -0.1) is 24.0 Å². The first kappa shape index (κ1) is 26.2. The molecule has 0 saturated carbocycles. The van der Waals surface area contributed by atoms with Gasteiger partial charge in [0.15, 0.2) is 5.96 Å². The van der Waals surface area contributed by atoms with Crippen LogP contribution in [0.2, 0.25) is 5.02 Å². The van der Waals surface area contributed by atoms with E-state index in [0.717, 1.165) is 23.4 Å². The molecule has 3 N–H and O–H groups in total. The van der Waals surface area contributed by atoms with Gasteiger partial charge in [0.1, 0.15) is 5.82 Å². The molecule has 0 atom stereocenters. The first-order valence-corrected chi connectivity index (χ1v) is 10.7. The third kappa shape index (κ3) is 6.96. The topological polar surface area (TPSA) is 68.8 Å². The number of nitrogens with one attached hydrogen (secondary N) is 3. The number of benzene rings is 2. The average molecular weight is 574 g/mol. The zero-order valence-electron chi connectivity index (χ0n) is 18.5. The summed E-state index contributed by atoms with van der Waals surface area (Å²) in [5.74, 6) is 0.379. The number of halogens is 3. The SMILES string of the molecule is CN=C(NCc1ccc(N2CCNC(=O)C2)cc1)NCC(C)(C)c1ccc(F)cc1Cl.I. The summed E-state index contributed by atoms with van der Waals surface area (Å²) in [5, 5.41) is 9.88. The molecule has 2 aromatic carbocycles. The quantitative estimate of drug-likeness (QED) is 0.280. The van der Waals surface area contributed by atoms with E-state index in [-0.39, 0.29) is 41.1 Å². The predicted molar refractivity (Wildman–Crippen MR) is 140 cm³/mol. The molecule has 0 bridgehead atoms. The van der Waals surface area contributed by atoms with Crippen LogP contribution in [0.5, 0.6) is 0 Å². The highest BCUT2D eigenvalue weighted by Crippen LogP contribution is 2.29. The van der Waals surface area contributed by atoms with Crippen molar-refractivity contribution in [2.75, 3.05) is 38.1 Å². The summed E-state index contributed by atoms with van der Waals surface area (Å²) in [5.41, 5.74) is 2.71. The maximum absolute atomic E-state index is 13.4. The molecule has 0 radical (unpaired) electrons. The molecule has 1 heterocycles. The summed E-state index contributed by atoms with van der Waals surface area (Å²) < 4.78 is 13.4. The molecular formula is C23H30ClFIN5O. The van der Waals surface area contributed by atoms with Crippen LogP contribution in [0.3, 0.4) is 0 Å². The summed E-state index contributed by atoms with van der Waals surface area (Å²) in [7, 11) is 1.72. The fraction of sp³-hybridized carbons (Fsp3) is 0.391. The Labute approximate surface area is 211 Å². The number of amides is 1. The van der Waals surface area contributed by atoms with Gasteiger partial charge in [-0.25, -0.2) is 4.39 Å². The maximum atomic E-state index is 13.4. The van der Waals surface area contributed by atoms with Crippen LogP contribution in [0.15, 0.2) is 47.5 Å². The van der Waals surface area contributed by atoms with E-state index in [9.17, 15) is 9.18 Å². The van der Waals surface area contributed by atoms with Gasteiger partial charge in [-0.3, -0.25) is 9.79 Å². The van der Waals surface area contributed by atoms with Crippen molar-refractivity contribution >= 4 is 53.1 Å². The van der Waals surface area contributed by atoms with E-state index in [0.29, 0.717) is 37.2 Å². The Balaban J connectivity index is 0.00000363. The Kier molecular flexibility index (Phi) is 9.57. The van der Waals surface area contributed by atoms with Crippen LogP contribution in [-0.2, 0) is 16.8 Å². The zero-order valence-corrected chi connectivity index (χ0v) is 21.6. The highest BCUT2D eigenvalue weighted by Gasteiger charge is 2.24. The van der Waals surface area contributed by atoms with Crippen molar-refractivity contribution in [1.82, 2.24) is 16.0 Å². The molecule has 1 aliphatic rings. The average Bonchev–Trinajstić information content (AvgIpc) is 2.74. The second-order valence-corrected chi connectivity index (χ2v) is 8.63. The first-order chi connectivity index (χ1) is 14.8. The Morgan fingerprint density at radius 3 is 2.56 bits per heavy atom. The number of guanidine groups is 1. The van der Waals surface area contributed by atoms with Crippen molar-refractivity contribution < 1.29 is 9.18 Å². The van der Waals surface area contributed by atoms with Crippen molar-refractivity contribution in [3.05, 3.63) is 64.4 Å². The van der Waals surface area contributed by atoms with Gasteiger partial charge in [0, 0.05) is 49.4 Å². The van der Waals surface area contributed by atoms with Crippen molar-refractivity contribution in [3.8, 4) is 0 Å². The highest BCUT2D eigenvalue weighted by molar-refractivity contribution is 14.0. The van der Waals surface area contributed by atoms with E-state index in [2.05, 4.69) is 25.8 Å². The molecular weight excluding hydrogens is 544 g/mol. The molecule has 174 valence electrons. The van der Waals surface area contributed by atoms with Crippen molar-refractivity contribution in [2.24, 2.45) is 4.99 Å². The summed E-state index contributed by atoms with van der Waals surface area (Å²) in [4.78, 5) is 17.9. The van der Waals surface area contributed by atoms with Gasteiger partial charge in [0.05, 0.1) is 6.54 Å². The van der Waals surface area contributed by atoms with Gasteiger partial charge < -0.3 is 20.9 Å². The number of nitrogens with zero attached hydrogens (tertiary/aromatic N) is 2. The van der Waals surface area contributed by atoms with E-state index in [1.807, 2.05) is 38.1 Å². The number of aliphatic imine (C=N–C) groups is 1. The summed E-state index contributed by atoms with van der Waals surface area (Å²) in [6.45, 7) is 7.16. The molecule has 32 heavy (non-hydrogen) atoms. The zero-order chi connectivity index (χ0) is 22.4. The van der Waals surface area contributed by atoms with Crippen LogP contribution >= 0.6 is 35.6 Å². The van der Waals surface area contributed by atoms with Crippen LogP contribution in [0.25, 0.3) is 0 Å². The number of carbonyl (C=O) groups excluding carboxylic acids is 1. The summed E-state index contributed by atoms with van der Waals surface area (Å²) in [6.07, 6.45) is 0. The van der Waals surface area contributed by atoms with Crippen LogP contribution in [0.1, 0.15) is 25.0 Å². The second-order valence-electron chi connectivity index (χ2n) is 8.23. The standard InChI is InChI=1S/C23H29ClFN5O.HI/c1-23(2,19-9-6-17(25)12-20(19)24)15-29-22(26-3)28-13-16-4-7-18(8-5-16)30-11-10-27-21(31)14-30;/h4-9,12H,10-11,13-15H2,1-3H3,(H,27,31)(H2,26,28,29);1H. The van der Waals surface area contributed by atoms with Gasteiger partial charge in [-0.1, -0.05) is 43.6 Å². The Morgan fingerprint density at radius 1 is 1.22 bits per heavy atom. The molecule has 0 aromatic heterocycles. The first-order valence-electron chi connectivity index (χ1n) is 10.3. The minimum Gasteiger partial charge on any atom is -0.360 e. The van der Waals surface area contributed by atoms with E-state index in [4.69, 9.17) is 11.6 Å². The Hall–Kier alpha value is -2.07. The highest BCUT2D eigenvalue weighted by atomic mass is 127. The molecule has 0 unspecified atom stereocenters. The van der Waals surface area contributed by atoms with E-state index in [1.54, 1.807) is 13.1 Å². The molecule has 0 spiro atoms. The van der Waals surface area contributed by atoms with Crippen molar-refractivity contribution in [3.63, 3.8) is 0 Å². The van der Waals surface area contributed by atoms with Gasteiger partial charge in [-0.2, -0.15) is 0 Å². The van der Waals surface area contributed by atoms with Crippen LogP contribution < -0.4 is 20.9 Å². The monoisotopic (exact) mass is 573 g/mol. The molecule has 3 rings (SSSR count). The predicted octanol–water partition coefficient (Wildman–Crippen LogP) is 3.68. The fourth-order valence-electron chi connectivity index (χ4n) is 3.53. The lowest BCUT2D eigenvalue weighted by atomic mass is 9.84. The molecule has 0 aliphatic carbocycles. The molecule has 6 nitrogen and oxygen atoms in total. The maximum Gasteiger partial charge on any atom is 0.239 e. The van der Waals surface area contributed by atoms with Crippen LogP contribution in [0.4, 0.5) is 10.1 Å². The van der Waals surface area contributed by atoms with Gasteiger partial charge in [0.2, 0.25) is 5.91 Å². The number of carbonyl (C=O) groups is 1. The third-order valence-corrected chi connectivity index (χ3v) is 5.69. The van der Waals surface area contributed by atoms with Gasteiger partial charge in [0.25, 0.3) is 0 Å². The lowest BCUT2D eigenvalue weighted by molar-refractivity contribution is -0.120. The number of piperazine rings is 1. The lowest BCUT2D eigenvalue weighted by Crippen LogP contribution is -2.47. The molecule has 1 fully saturated rings. The fourth-order valence-corrected chi connectivity index (χ4v) is 3.95. The number of hydrogen-bond acceptors (Lipinski definition) is 3. The number of hydrogen-bond donors (Lipinski definition) is 3. The van der Waals surface area contributed by atoms with Crippen LogP contribution in [0, 0.1) is 5.82 Å². The Morgan fingerprint density at radius 2 is 1.94 bits per heavy atom. The van der Waals surface area contributed by atoms with Gasteiger partial charge in [-0.05, 0) is 35.4 Å². The largest absolute Gasteiger partial charge is 0.360 e. The molecule has 1 saturated heterocycles. The molecule has 9 heteroatoms. The van der Waals surface area contributed by atoms with E-state index < -0.39 is 0 Å². The smallest absolute Gasteiger partial charge is 0.239 e. The molecule has 1 aliphatic heterocycles. The van der Waals surface area contributed by atoms with E-state index >= 15 is 0 Å². The minimum atomic E-state index is -0.343. The Bertz CT molecular complexity index is 952. The third-order valence-electron chi connectivity index (χ3n) is 5.38. The lowest BCUT2D eigenvalue weighted by Gasteiger charge is -2.28. The normalized spacial score (nSPS) is 14.5. The summed E-state index contributed by atoms with van der Waals surface area (Å²) in [6, 6.07) is 12.6. The van der Waals surface area contributed by atoms with Gasteiger partial charge >= 0.3 is 0 Å². The second kappa shape index (κ2) is 11.7.